The van der Waals surface area contributed by atoms with Gasteiger partial charge in [-0.3, -0.25) is 0 Å². The minimum atomic E-state index is -0.964. The van der Waals surface area contributed by atoms with Crippen LogP contribution in [-0.2, 0) is 9.47 Å². The summed E-state index contributed by atoms with van der Waals surface area (Å²) in [5.74, 6) is -0.240. The fraction of sp³-hybridized carbons (Fsp3) is 1.00. The van der Waals surface area contributed by atoms with E-state index >= 15 is 0 Å². The first-order chi connectivity index (χ1) is 5.49. The van der Waals surface area contributed by atoms with Crippen LogP contribution in [-0.4, -0.2) is 41.9 Å². The summed E-state index contributed by atoms with van der Waals surface area (Å²) >= 11 is 0. The van der Waals surface area contributed by atoms with Crippen LogP contribution >= 0.6 is 0 Å². The maximum Gasteiger partial charge on any atom is 0.183 e. The average Bonchev–Trinajstić information content (AvgIpc) is 2.01. The highest BCUT2D eigenvalue weighted by atomic mass is 16.7. The molecule has 0 aromatic carbocycles. The molecule has 2 unspecified atom stereocenters. The zero-order chi connectivity index (χ0) is 9.35. The second-order valence-electron chi connectivity index (χ2n) is 3.55. The number of methoxy groups -OCH3 is 1. The minimum absolute atomic E-state index is 0.198. The molecule has 4 nitrogen and oxygen atoms in total. The molecule has 0 aromatic heterocycles. The molecule has 2 N–H and O–H groups in total. The zero-order valence-electron chi connectivity index (χ0n) is 7.65. The zero-order valence-corrected chi connectivity index (χ0v) is 7.65. The van der Waals surface area contributed by atoms with Crippen molar-refractivity contribution in [3.8, 4) is 0 Å². The van der Waals surface area contributed by atoms with E-state index in [1.807, 2.05) is 0 Å². The lowest BCUT2D eigenvalue weighted by atomic mass is 9.84. The first-order valence-electron chi connectivity index (χ1n) is 4.04. The van der Waals surface area contributed by atoms with Gasteiger partial charge in [-0.25, -0.2) is 0 Å². The van der Waals surface area contributed by atoms with E-state index in [1.165, 1.54) is 7.11 Å². The lowest BCUT2D eigenvalue weighted by molar-refractivity contribution is -0.269. The molecule has 0 aliphatic carbocycles. The summed E-state index contributed by atoms with van der Waals surface area (Å²) in [4.78, 5) is 0. The van der Waals surface area contributed by atoms with E-state index in [4.69, 9.17) is 9.47 Å². The van der Waals surface area contributed by atoms with Crippen LogP contribution in [0.5, 0.6) is 0 Å². The topological polar surface area (TPSA) is 58.9 Å². The van der Waals surface area contributed by atoms with Gasteiger partial charge in [0.2, 0.25) is 0 Å². The van der Waals surface area contributed by atoms with E-state index < -0.39 is 18.0 Å². The van der Waals surface area contributed by atoms with Crippen molar-refractivity contribution in [3.05, 3.63) is 0 Å². The van der Waals surface area contributed by atoms with Crippen LogP contribution in [0.15, 0.2) is 0 Å². The molecule has 1 heterocycles. The van der Waals surface area contributed by atoms with Gasteiger partial charge in [-0.15, -0.1) is 0 Å². The van der Waals surface area contributed by atoms with Gasteiger partial charge in [0.25, 0.3) is 0 Å². The third-order valence-electron chi connectivity index (χ3n) is 2.54. The lowest BCUT2D eigenvalue weighted by Crippen LogP contribution is -2.55. The lowest BCUT2D eigenvalue weighted by Gasteiger charge is -2.41. The predicted octanol–water partition coefficient (Wildman–Crippen LogP) is -0.263. The number of aliphatic hydroxyl groups is 2. The Morgan fingerprint density at radius 3 is 2.67 bits per heavy atom. The van der Waals surface area contributed by atoms with Crippen LogP contribution in [0.2, 0.25) is 0 Å². The van der Waals surface area contributed by atoms with Crippen molar-refractivity contribution in [2.75, 3.05) is 13.7 Å². The van der Waals surface area contributed by atoms with Gasteiger partial charge in [-0.2, -0.15) is 0 Å². The van der Waals surface area contributed by atoms with Gasteiger partial charge < -0.3 is 19.7 Å². The SMILES string of the molecule is COC1OCC(C)(O)[C@@H](C)[C@@H]1O. The second-order valence-corrected chi connectivity index (χ2v) is 3.55. The van der Waals surface area contributed by atoms with Crippen LogP contribution < -0.4 is 0 Å². The minimum Gasteiger partial charge on any atom is -0.387 e. The first kappa shape index (κ1) is 9.92. The van der Waals surface area contributed by atoms with Gasteiger partial charge in [-0.05, 0) is 6.92 Å². The van der Waals surface area contributed by atoms with E-state index in [0.29, 0.717) is 0 Å². The van der Waals surface area contributed by atoms with E-state index in [-0.39, 0.29) is 12.5 Å². The normalized spacial score (nSPS) is 49.2. The van der Waals surface area contributed by atoms with E-state index in [1.54, 1.807) is 13.8 Å². The Hall–Kier alpha value is -0.160. The maximum absolute atomic E-state index is 9.69. The summed E-state index contributed by atoms with van der Waals surface area (Å²) in [5, 5.41) is 19.2. The van der Waals surface area contributed by atoms with E-state index in [2.05, 4.69) is 0 Å². The van der Waals surface area contributed by atoms with Crippen LogP contribution in [0.1, 0.15) is 13.8 Å². The molecule has 1 fully saturated rings. The Morgan fingerprint density at radius 2 is 2.17 bits per heavy atom. The summed E-state index contributed by atoms with van der Waals surface area (Å²) in [5.41, 5.74) is -0.964. The van der Waals surface area contributed by atoms with Gasteiger partial charge >= 0.3 is 0 Å². The summed E-state index contributed by atoms with van der Waals surface area (Å²) in [6, 6.07) is 0. The number of ether oxygens (including phenoxy) is 2. The van der Waals surface area contributed by atoms with Gasteiger partial charge in [0.05, 0.1) is 12.2 Å². The third-order valence-corrected chi connectivity index (χ3v) is 2.54. The third kappa shape index (κ3) is 1.61. The molecular weight excluding hydrogens is 160 g/mol. The van der Waals surface area contributed by atoms with Gasteiger partial charge in [0.15, 0.2) is 6.29 Å². The molecular formula is C8H16O4. The van der Waals surface area contributed by atoms with Gasteiger partial charge in [-0.1, -0.05) is 6.92 Å². The van der Waals surface area contributed by atoms with Crippen molar-refractivity contribution in [2.24, 2.45) is 5.92 Å². The Morgan fingerprint density at radius 1 is 1.58 bits per heavy atom. The summed E-state index contributed by atoms with van der Waals surface area (Å²) < 4.78 is 9.99. The van der Waals surface area contributed by atoms with E-state index in [9.17, 15) is 10.2 Å². The highest BCUT2D eigenvalue weighted by molar-refractivity contribution is 4.89. The molecule has 4 atom stereocenters. The van der Waals surface area contributed by atoms with Gasteiger partial charge in [0, 0.05) is 13.0 Å². The molecule has 0 aromatic rings. The van der Waals surface area contributed by atoms with Crippen molar-refractivity contribution >= 4 is 0 Å². The summed E-state index contributed by atoms with van der Waals surface area (Å²) in [7, 11) is 1.47. The van der Waals surface area contributed by atoms with Crippen LogP contribution in [0.25, 0.3) is 0 Å². The summed E-state index contributed by atoms with van der Waals surface area (Å²) in [6.45, 7) is 3.62. The molecule has 1 rings (SSSR count). The quantitative estimate of drug-likeness (QED) is 0.577. The average molecular weight is 176 g/mol. The second kappa shape index (κ2) is 3.30. The van der Waals surface area contributed by atoms with Crippen LogP contribution in [0.3, 0.4) is 0 Å². The molecule has 4 heteroatoms. The van der Waals surface area contributed by atoms with Gasteiger partial charge in [0.1, 0.15) is 6.10 Å². The molecule has 0 bridgehead atoms. The van der Waals surface area contributed by atoms with Crippen molar-refractivity contribution < 1.29 is 19.7 Å². The van der Waals surface area contributed by atoms with Crippen molar-refractivity contribution in [3.63, 3.8) is 0 Å². The fourth-order valence-corrected chi connectivity index (χ4v) is 1.29. The Kier molecular flexibility index (Phi) is 2.73. The molecule has 0 amide bonds. The standard InChI is InChI=1S/C8H16O4/c1-5-6(9)7(11-3)12-4-8(5,2)10/h5-7,9-10H,4H2,1-3H3/t5-,6-,7?,8?/m0/s1. The van der Waals surface area contributed by atoms with Crippen molar-refractivity contribution in [2.45, 2.75) is 31.8 Å². The molecule has 0 spiro atoms. The largest absolute Gasteiger partial charge is 0.387 e. The Labute approximate surface area is 72.1 Å². The number of aliphatic hydroxyl groups excluding tert-OH is 1. The number of hydrogen-bond acceptors (Lipinski definition) is 4. The summed E-state index contributed by atoms with van der Waals surface area (Å²) in [6.07, 6.45) is -1.38. The smallest absolute Gasteiger partial charge is 0.183 e. The maximum atomic E-state index is 9.69. The van der Waals surface area contributed by atoms with Crippen LogP contribution in [0, 0.1) is 5.92 Å². The number of rotatable bonds is 1. The predicted molar refractivity (Wildman–Crippen MR) is 42.5 cm³/mol. The molecule has 1 aliphatic heterocycles. The highest BCUT2D eigenvalue weighted by Gasteiger charge is 2.43. The van der Waals surface area contributed by atoms with Crippen molar-refractivity contribution in [1.82, 2.24) is 0 Å². The molecule has 0 radical (unpaired) electrons. The molecule has 0 saturated carbocycles. The van der Waals surface area contributed by atoms with E-state index in [0.717, 1.165) is 0 Å². The molecule has 1 aliphatic rings. The number of hydrogen-bond donors (Lipinski definition) is 2. The Balaban J connectivity index is 2.65. The fourth-order valence-electron chi connectivity index (χ4n) is 1.29. The highest BCUT2D eigenvalue weighted by Crippen LogP contribution is 2.29. The van der Waals surface area contributed by atoms with Crippen LogP contribution in [0.4, 0.5) is 0 Å². The molecule has 72 valence electrons. The monoisotopic (exact) mass is 176 g/mol. The van der Waals surface area contributed by atoms with Crippen molar-refractivity contribution in [1.29, 1.82) is 0 Å². The first-order valence-corrected chi connectivity index (χ1v) is 4.04. The molecule has 1 saturated heterocycles. The molecule has 12 heavy (non-hydrogen) atoms. The Bertz CT molecular complexity index is 157.